The molecular formula is C12H10N2O4S3. The van der Waals surface area contributed by atoms with E-state index in [4.69, 9.17) is 10.5 Å². The third-order valence-electron chi connectivity index (χ3n) is 2.30. The predicted molar refractivity (Wildman–Crippen MR) is 81.2 cm³/mol. The first-order valence-electron chi connectivity index (χ1n) is 5.31. The van der Waals surface area contributed by atoms with Crippen molar-refractivity contribution in [3.8, 4) is 12.1 Å². The molecule has 21 heavy (non-hydrogen) atoms. The van der Waals surface area contributed by atoms with Gasteiger partial charge < -0.3 is 0 Å². The molecule has 1 rings (SSSR count). The van der Waals surface area contributed by atoms with Crippen LogP contribution in [0.15, 0.2) is 21.3 Å². The first-order chi connectivity index (χ1) is 9.59. The van der Waals surface area contributed by atoms with Gasteiger partial charge in [0.25, 0.3) is 0 Å². The van der Waals surface area contributed by atoms with E-state index in [0.29, 0.717) is 10.4 Å². The molecule has 1 aromatic heterocycles. The molecule has 0 bridgehead atoms. The van der Waals surface area contributed by atoms with Crippen molar-refractivity contribution in [2.45, 2.75) is 0 Å². The van der Waals surface area contributed by atoms with Crippen molar-refractivity contribution >= 4 is 43.2 Å². The van der Waals surface area contributed by atoms with E-state index < -0.39 is 29.5 Å². The van der Waals surface area contributed by atoms with Crippen LogP contribution in [0.1, 0.15) is 10.4 Å². The van der Waals surface area contributed by atoms with Crippen LogP contribution < -0.4 is 0 Å². The van der Waals surface area contributed by atoms with Gasteiger partial charge in [0.2, 0.25) is 0 Å². The van der Waals surface area contributed by atoms with Crippen LogP contribution in [0.25, 0.3) is 12.2 Å². The Bertz CT molecular complexity index is 830. The van der Waals surface area contributed by atoms with Crippen LogP contribution in [0, 0.1) is 22.7 Å². The fourth-order valence-electron chi connectivity index (χ4n) is 1.27. The van der Waals surface area contributed by atoms with Crippen molar-refractivity contribution in [1.29, 1.82) is 10.5 Å². The molecule has 0 unspecified atom stereocenters. The zero-order valence-corrected chi connectivity index (χ0v) is 13.5. The van der Waals surface area contributed by atoms with E-state index in [0.717, 1.165) is 36.0 Å². The Labute approximate surface area is 127 Å². The molecule has 0 saturated heterocycles. The van der Waals surface area contributed by atoms with Crippen LogP contribution >= 0.6 is 11.3 Å². The molecule has 110 valence electrons. The third-order valence-corrected chi connectivity index (χ3v) is 5.19. The summed E-state index contributed by atoms with van der Waals surface area (Å²) in [7, 11) is -7.34. The number of sulfone groups is 2. The summed E-state index contributed by atoms with van der Waals surface area (Å²) < 4.78 is 45.5. The van der Waals surface area contributed by atoms with Crippen LogP contribution in [-0.4, -0.2) is 29.3 Å². The van der Waals surface area contributed by atoms with Crippen LogP contribution in [0.2, 0.25) is 0 Å². The summed E-state index contributed by atoms with van der Waals surface area (Å²) in [6.45, 7) is 0. The predicted octanol–water partition coefficient (Wildman–Crippen LogP) is 1.57. The second-order valence-corrected chi connectivity index (χ2v) is 8.94. The number of allylic oxidation sites excluding steroid dienone is 2. The Kier molecular flexibility index (Phi) is 5.07. The van der Waals surface area contributed by atoms with Gasteiger partial charge in [-0.3, -0.25) is 0 Å². The summed E-state index contributed by atoms with van der Waals surface area (Å²) in [4.78, 5) is -0.487. The Morgan fingerprint density at radius 2 is 1.52 bits per heavy atom. The van der Waals surface area contributed by atoms with Gasteiger partial charge >= 0.3 is 0 Å². The molecule has 0 atom stereocenters. The second-order valence-electron chi connectivity index (χ2n) is 4.03. The molecule has 0 aliphatic heterocycles. The van der Waals surface area contributed by atoms with Gasteiger partial charge in [-0.15, -0.1) is 11.3 Å². The lowest BCUT2D eigenvalue weighted by molar-refractivity contribution is 0.607. The van der Waals surface area contributed by atoms with Crippen molar-refractivity contribution in [3.05, 3.63) is 31.7 Å². The molecule has 9 heteroatoms. The lowest BCUT2D eigenvalue weighted by atomic mass is 10.2. The Morgan fingerprint density at radius 1 is 1.05 bits per heavy atom. The van der Waals surface area contributed by atoms with Gasteiger partial charge in [-0.1, -0.05) is 0 Å². The molecule has 0 aliphatic rings. The number of rotatable bonds is 4. The Morgan fingerprint density at radius 3 is 1.95 bits per heavy atom. The number of hydrogen-bond donors (Lipinski definition) is 0. The van der Waals surface area contributed by atoms with Gasteiger partial charge in [0, 0.05) is 17.4 Å². The van der Waals surface area contributed by atoms with E-state index in [-0.39, 0.29) is 0 Å². The Balaban J connectivity index is 3.47. The normalized spacial score (nSPS) is 13.5. The van der Waals surface area contributed by atoms with Crippen molar-refractivity contribution in [2.75, 3.05) is 12.5 Å². The molecule has 0 N–H and O–H groups in total. The average molecular weight is 342 g/mol. The fraction of sp³-hybridized carbons (Fsp3) is 0.167. The van der Waals surface area contributed by atoms with Crippen LogP contribution in [0.3, 0.4) is 0 Å². The van der Waals surface area contributed by atoms with Crippen molar-refractivity contribution in [1.82, 2.24) is 0 Å². The number of hydrogen-bond acceptors (Lipinski definition) is 7. The lowest BCUT2D eigenvalue weighted by Crippen LogP contribution is -1.99. The minimum Gasteiger partial charge on any atom is -0.223 e. The molecule has 0 aromatic carbocycles. The Hall–Kier alpha value is -1.94. The van der Waals surface area contributed by atoms with E-state index in [1.807, 2.05) is 0 Å². The first kappa shape index (κ1) is 17.1. The molecule has 0 saturated carbocycles. The number of nitrogens with zero attached hydrogens (tertiary/aromatic N) is 2. The summed E-state index contributed by atoms with van der Waals surface area (Å²) in [6, 6.07) is 4.70. The highest BCUT2D eigenvalue weighted by Gasteiger charge is 2.14. The van der Waals surface area contributed by atoms with Gasteiger partial charge in [-0.05, 0) is 29.2 Å². The van der Waals surface area contributed by atoms with E-state index in [9.17, 15) is 16.8 Å². The topological polar surface area (TPSA) is 116 Å². The monoisotopic (exact) mass is 342 g/mol. The van der Waals surface area contributed by atoms with Crippen LogP contribution in [0.4, 0.5) is 0 Å². The smallest absolute Gasteiger partial charge is 0.185 e. The van der Waals surface area contributed by atoms with Crippen molar-refractivity contribution < 1.29 is 16.8 Å². The molecule has 0 radical (unpaired) electrons. The van der Waals surface area contributed by atoms with E-state index in [1.54, 1.807) is 17.5 Å². The minimum absolute atomic E-state index is 0.360. The van der Waals surface area contributed by atoms with Gasteiger partial charge in [0.05, 0.1) is 0 Å². The second kappa shape index (κ2) is 6.22. The first-order valence-corrected chi connectivity index (χ1v) is 9.97. The summed E-state index contributed by atoms with van der Waals surface area (Å²) >= 11 is 1.13. The average Bonchev–Trinajstić information content (AvgIpc) is 2.77. The molecule has 1 heterocycles. The molecule has 0 fully saturated rings. The summed E-state index contributed by atoms with van der Waals surface area (Å²) in [5, 5.41) is 19.3. The van der Waals surface area contributed by atoms with Crippen molar-refractivity contribution in [2.24, 2.45) is 0 Å². The van der Waals surface area contributed by atoms with Crippen LogP contribution in [-0.2, 0) is 19.7 Å². The highest BCUT2D eigenvalue weighted by Crippen LogP contribution is 2.24. The molecule has 0 amide bonds. The lowest BCUT2D eigenvalue weighted by Gasteiger charge is -1.97. The van der Waals surface area contributed by atoms with Gasteiger partial charge in [-0.25, -0.2) is 16.8 Å². The maximum Gasteiger partial charge on any atom is 0.185 e. The number of thiophene rings is 1. The maximum atomic E-state index is 11.4. The summed E-state index contributed by atoms with van der Waals surface area (Å²) in [5.74, 6) is 0. The van der Waals surface area contributed by atoms with Gasteiger partial charge in [0.15, 0.2) is 19.7 Å². The van der Waals surface area contributed by atoms with E-state index in [1.165, 1.54) is 6.07 Å². The molecule has 0 aliphatic carbocycles. The number of nitriles is 2. The standard InChI is InChI=1S/C12H10N2O4S3/c1-20(15,16)10(7-13)5-9-3-4-19-12(9)6-11(8-14)21(2,17)18/h3-6H,1-2H3/b10-5+,11-6+. The maximum absolute atomic E-state index is 11.4. The molecular weight excluding hydrogens is 332 g/mol. The van der Waals surface area contributed by atoms with E-state index in [2.05, 4.69) is 0 Å². The largest absolute Gasteiger partial charge is 0.223 e. The summed E-state index contributed by atoms with van der Waals surface area (Å²) in [6.07, 6.45) is 4.11. The highest BCUT2D eigenvalue weighted by atomic mass is 32.2. The van der Waals surface area contributed by atoms with Crippen molar-refractivity contribution in [3.63, 3.8) is 0 Å². The molecule has 6 nitrogen and oxygen atoms in total. The van der Waals surface area contributed by atoms with Crippen LogP contribution in [0.5, 0.6) is 0 Å². The zero-order chi connectivity index (χ0) is 16.3. The van der Waals surface area contributed by atoms with Gasteiger partial charge in [-0.2, -0.15) is 10.5 Å². The minimum atomic E-state index is -3.67. The fourth-order valence-corrected chi connectivity index (χ4v) is 3.16. The van der Waals surface area contributed by atoms with Gasteiger partial charge in [0.1, 0.15) is 21.9 Å². The molecule has 1 aromatic rings. The highest BCUT2D eigenvalue weighted by molar-refractivity contribution is 7.95. The quantitative estimate of drug-likeness (QED) is 0.767. The third kappa shape index (κ3) is 4.53. The summed E-state index contributed by atoms with van der Waals surface area (Å²) in [5.41, 5.74) is 0.360. The van der Waals surface area contributed by atoms with E-state index >= 15 is 0 Å². The SMILES string of the molecule is CS(=O)(=O)/C(C#N)=C/c1ccsc1/C=C(\C#N)S(C)(=O)=O. The molecule has 0 spiro atoms. The zero-order valence-electron chi connectivity index (χ0n) is 11.1.